The molecular formula is C15H13N3O2. The number of nitrogens with two attached hydrogens (primary N) is 1. The Hall–Kier alpha value is -2.82. The van der Waals surface area contributed by atoms with Crippen LogP contribution in [0.5, 0.6) is 5.75 Å². The van der Waals surface area contributed by atoms with Crippen molar-refractivity contribution in [1.82, 2.24) is 9.97 Å². The van der Waals surface area contributed by atoms with Crippen LogP contribution in [0.4, 0.5) is 0 Å². The third kappa shape index (κ3) is 1.99. The van der Waals surface area contributed by atoms with Crippen LogP contribution < -0.4 is 10.5 Å². The maximum atomic E-state index is 11.2. The van der Waals surface area contributed by atoms with E-state index >= 15 is 0 Å². The lowest BCUT2D eigenvalue weighted by Gasteiger charge is -2.04. The van der Waals surface area contributed by atoms with Crippen molar-refractivity contribution in [2.75, 3.05) is 7.11 Å². The lowest BCUT2D eigenvalue weighted by molar-refractivity contribution is 0.0991. The van der Waals surface area contributed by atoms with Crippen molar-refractivity contribution in [3.05, 3.63) is 48.3 Å². The van der Waals surface area contributed by atoms with Crippen LogP contribution >= 0.6 is 0 Å². The van der Waals surface area contributed by atoms with Crippen LogP contribution in [0.25, 0.3) is 22.2 Å². The number of rotatable bonds is 3. The normalized spacial score (nSPS) is 10.7. The minimum Gasteiger partial charge on any atom is -0.497 e. The number of fused-ring (bicyclic) bond motifs is 1. The SMILES string of the molecule is COc1ccc(-c2cccc3[nH]c(C(N)=O)nc23)cc1. The van der Waals surface area contributed by atoms with E-state index in [0.717, 1.165) is 27.9 Å². The standard InChI is InChI=1S/C15H13N3O2/c1-20-10-7-5-9(6-8-10)11-3-2-4-12-13(11)18-15(17-12)14(16)19/h2-8H,1H3,(H2,16,19)(H,17,18). The topological polar surface area (TPSA) is 81.0 Å². The number of ether oxygens (including phenoxy) is 1. The molecule has 1 heterocycles. The summed E-state index contributed by atoms with van der Waals surface area (Å²) in [4.78, 5) is 18.4. The van der Waals surface area contributed by atoms with Gasteiger partial charge in [0.25, 0.3) is 5.91 Å². The third-order valence-electron chi connectivity index (χ3n) is 3.15. The summed E-state index contributed by atoms with van der Waals surface area (Å²) >= 11 is 0. The number of aromatic amines is 1. The summed E-state index contributed by atoms with van der Waals surface area (Å²) in [6.45, 7) is 0. The van der Waals surface area contributed by atoms with Crippen LogP contribution in [-0.4, -0.2) is 23.0 Å². The maximum absolute atomic E-state index is 11.2. The van der Waals surface area contributed by atoms with Gasteiger partial charge in [0, 0.05) is 5.56 Å². The van der Waals surface area contributed by atoms with Gasteiger partial charge in [0.05, 0.1) is 18.1 Å². The number of para-hydroxylation sites is 1. The number of methoxy groups -OCH3 is 1. The zero-order chi connectivity index (χ0) is 14.1. The van der Waals surface area contributed by atoms with Crippen molar-refractivity contribution in [3.63, 3.8) is 0 Å². The molecule has 0 spiro atoms. The summed E-state index contributed by atoms with van der Waals surface area (Å²) in [7, 11) is 1.63. The van der Waals surface area contributed by atoms with E-state index in [4.69, 9.17) is 10.5 Å². The summed E-state index contributed by atoms with van der Waals surface area (Å²) in [6.07, 6.45) is 0. The van der Waals surface area contributed by atoms with Crippen molar-refractivity contribution in [1.29, 1.82) is 0 Å². The fraction of sp³-hybridized carbons (Fsp3) is 0.0667. The minimum absolute atomic E-state index is 0.168. The molecule has 0 aliphatic carbocycles. The largest absolute Gasteiger partial charge is 0.497 e. The van der Waals surface area contributed by atoms with Gasteiger partial charge in [0.2, 0.25) is 0 Å². The molecular weight excluding hydrogens is 254 g/mol. The quantitative estimate of drug-likeness (QED) is 0.764. The van der Waals surface area contributed by atoms with Crippen LogP contribution in [0, 0.1) is 0 Å². The zero-order valence-electron chi connectivity index (χ0n) is 10.9. The van der Waals surface area contributed by atoms with Crippen LogP contribution in [0.2, 0.25) is 0 Å². The van der Waals surface area contributed by atoms with Gasteiger partial charge in [-0.25, -0.2) is 4.98 Å². The van der Waals surface area contributed by atoms with Crippen molar-refractivity contribution < 1.29 is 9.53 Å². The van der Waals surface area contributed by atoms with Gasteiger partial charge < -0.3 is 15.5 Å². The van der Waals surface area contributed by atoms with Gasteiger partial charge in [0.15, 0.2) is 5.82 Å². The number of hydrogen-bond donors (Lipinski definition) is 2. The smallest absolute Gasteiger partial charge is 0.284 e. The van der Waals surface area contributed by atoms with E-state index in [1.807, 2.05) is 42.5 Å². The van der Waals surface area contributed by atoms with Gasteiger partial charge in [-0.1, -0.05) is 24.3 Å². The molecule has 0 unspecified atom stereocenters. The summed E-state index contributed by atoms with van der Waals surface area (Å²) < 4.78 is 5.15. The number of aromatic nitrogens is 2. The van der Waals surface area contributed by atoms with Gasteiger partial charge in [-0.15, -0.1) is 0 Å². The molecule has 1 amide bonds. The van der Waals surface area contributed by atoms with E-state index < -0.39 is 5.91 Å². The molecule has 0 saturated heterocycles. The molecule has 3 rings (SSSR count). The second-order valence-electron chi connectivity index (χ2n) is 4.38. The molecule has 100 valence electrons. The Labute approximate surface area is 115 Å². The summed E-state index contributed by atoms with van der Waals surface area (Å²) in [5.41, 5.74) is 8.71. The molecule has 0 aliphatic heterocycles. The van der Waals surface area contributed by atoms with E-state index in [9.17, 15) is 4.79 Å². The number of nitrogens with one attached hydrogen (secondary N) is 1. The predicted octanol–water partition coefficient (Wildman–Crippen LogP) is 2.34. The number of imidazole rings is 1. The molecule has 1 aromatic heterocycles. The Morgan fingerprint density at radius 2 is 1.95 bits per heavy atom. The van der Waals surface area contributed by atoms with Gasteiger partial charge in [0.1, 0.15) is 5.75 Å². The van der Waals surface area contributed by atoms with Crippen LogP contribution in [0.3, 0.4) is 0 Å². The van der Waals surface area contributed by atoms with E-state index in [1.54, 1.807) is 7.11 Å². The first-order valence-corrected chi connectivity index (χ1v) is 6.12. The van der Waals surface area contributed by atoms with Crippen molar-refractivity contribution in [2.24, 2.45) is 5.73 Å². The van der Waals surface area contributed by atoms with Gasteiger partial charge in [-0.3, -0.25) is 4.79 Å². The van der Waals surface area contributed by atoms with E-state index in [-0.39, 0.29) is 5.82 Å². The maximum Gasteiger partial charge on any atom is 0.284 e. The number of amides is 1. The molecule has 0 atom stereocenters. The van der Waals surface area contributed by atoms with Gasteiger partial charge in [-0.2, -0.15) is 0 Å². The zero-order valence-corrected chi connectivity index (χ0v) is 10.9. The number of primary amides is 1. The molecule has 0 fully saturated rings. The fourth-order valence-corrected chi connectivity index (χ4v) is 2.15. The lowest BCUT2D eigenvalue weighted by Crippen LogP contribution is -2.12. The first-order chi connectivity index (χ1) is 9.69. The van der Waals surface area contributed by atoms with Crippen molar-refractivity contribution in [2.45, 2.75) is 0 Å². The van der Waals surface area contributed by atoms with Crippen molar-refractivity contribution >= 4 is 16.9 Å². The monoisotopic (exact) mass is 267 g/mol. The highest BCUT2D eigenvalue weighted by Crippen LogP contribution is 2.28. The number of carbonyl (C=O) groups excluding carboxylic acids is 1. The van der Waals surface area contributed by atoms with E-state index in [2.05, 4.69) is 9.97 Å². The Morgan fingerprint density at radius 1 is 1.20 bits per heavy atom. The van der Waals surface area contributed by atoms with E-state index in [0.29, 0.717) is 0 Å². The number of nitrogens with zero attached hydrogens (tertiary/aromatic N) is 1. The number of carbonyl (C=O) groups is 1. The molecule has 0 radical (unpaired) electrons. The Bertz CT molecular complexity index is 775. The van der Waals surface area contributed by atoms with Gasteiger partial charge in [-0.05, 0) is 23.8 Å². The highest BCUT2D eigenvalue weighted by molar-refractivity contribution is 5.97. The molecule has 2 aromatic carbocycles. The summed E-state index contributed by atoms with van der Waals surface area (Å²) in [6, 6.07) is 13.4. The highest BCUT2D eigenvalue weighted by atomic mass is 16.5. The Kier molecular flexibility index (Phi) is 2.87. The molecule has 3 N–H and O–H groups in total. The van der Waals surface area contributed by atoms with Crippen LogP contribution in [-0.2, 0) is 0 Å². The number of hydrogen-bond acceptors (Lipinski definition) is 3. The Morgan fingerprint density at radius 3 is 2.60 bits per heavy atom. The first kappa shape index (κ1) is 12.2. The molecule has 5 nitrogen and oxygen atoms in total. The van der Waals surface area contributed by atoms with Gasteiger partial charge >= 0.3 is 0 Å². The van der Waals surface area contributed by atoms with Crippen LogP contribution in [0.1, 0.15) is 10.6 Å². The number of benzene rings is 2. The molecule has 5 heteroatoms. The van der Waals surface area contributed by atoms with Crippen molar-refractivity contribution in [3.8, 4) is 16.9 Å². The first-order valence-electron chi connectivity index (χ1n) is 6.12. The Balaban J connectivity index is 2.16. The lowest BCUT2D eigenvalue weighted by atomic mass is 10.0. The predicted molar refractivity (Wildman–Crippen MR) is 76.6 cm³/mol. The third-order valence-corrected chi connectivity index (χ3v) is 3.15. The summed E-state index contributed by atoms with van der Waals surface area (Å²) in [5.74, 6) is 0.392. The molecule has 3 aromatic rings. The van der Waals surface area contributed by atoms with Crippen LogP contribution in [0.15, 0.2) is 42.5 Å². The fourth-order valence-electron chi connectivity index (χ4n) is 2.15. The molecule has 0 saturated carbocycles. The average molecular weight is 267 g/mol. The second kappa shape index (κ2) is 4.70. The molecule has 20 heavy (non-hydrogen) atoms. The van der Waals surface area contributed by atoms with E-state index in [1.165, 1.54) is 0 Å². The molecule has 0 aliphatic rings. The molecule has 0 bridgehead atoms. The average Bonchev–Trinajstić information content (AvgIpc) is 2.91. The highest BCUT2D eigenvalue weighted by Gasteiger charge is 2.11. The minimum atomic E-state index is -0.568. The summed E-state index contributed by atoms with van der Waals surface area (Å²) in [5, 5.41) is 0. The number of H-pyrrole nitrogens is 1. The second-order valence-corrected chi connectivity index (χ2v) is 4.38.